The van der Waals surface area contributed by atoms with Crippen LogP contribution in [-0.4, -0.2) is 47.9 Å². The number of anilines is 1. The van der Waals surface area contributed by atoms with Gasteiger partial charge in [0.2, 0.25) is 0 Å². The summed E-state index contributed by atoms with van der Waals surface area (Å²) in [6.07, 6.45) is 0. The zero-order chi connectivity index (χ0) is 14.0. The molecule has 1 aromatic rings. The lowest BCUT2D eigenvalue weighted by atomic mass is 10.1. The molecule has 0 aliphatic carbocycles. The monoisotopic (exact) mass is 264 g/mol. The number of benzene rings is 1. The largest absolute Gasteiger partial charge is 0.383 e. The van der Waals surface area contributed by atoms with Crippen LogP contribution >= 0.6 is 0 Å². The third-order valence-electron chi connectivity index (χ3n) is 3.20. The lowest BCUT2D eigenvalue weighted by Gasteiger charge is -2.16. The molecule has 1 aliphatic heterocycles. The number of nitrogens with one attached hydrogen (secondary N) is 1. The van der Waals surface area contributed by atoms with Gasteiger partial charge in [0.05, 0.1) is 4.92 Å². The van der Waals surface area contributed by atoms with E-state index in [-0.39, 0.29) is 11.7 Å². The summed E-state index contributed by atoms with van der Waals surface area (Å²) in [4.78, 5) is 25.5. The molecule has 0 bridgehead atoms. The van der Waals surface area contributed by atoms with E-state index in [0.717, 1.165) is 5.56 Å². The fourth-order valence-electron chi connectivity index (χ4n) is 2.11. The van der Waals surface area contributed by atoms with Crippen molar-refractivity contribution < 1.29 is 9.72 Å². The molecule has 1 aromatic carbocycles. The Kier molecular flexibility index (Phi) is 3.55. The van der Waals surface area contributed by atoms with Crippen LogP contribution in [0.5, 0.6) is 0 Å². The number of hydrogen-bond acceptors (Lipinski definition) is 4. The fourth-order valence-corrected chi connectivity index (χ4v) is 2.11. The second-order valence-corrected chi connectivity index (χ2v) is 4.48. The Labute approximate surface area is 110 Å². The smallest absolute Gasteiger partial charge is 0.320 e. The molecule has 0 unspecified atom stereocenters. The van der Waals surface area contributed by atoms with E-state index in [1.165, 1.54) is 6.07 Å². The average molecular weight is 264 g/mol. The Morgan fingerprint density at radius 3 is 2.68 bits per heavy atom. The van der Waals surface area contributed by atoms with Crippen molar-refractivity contribution in [2.75, 3.05) is 32.5 Å². The van der Waals surface area contributed by atoms with Crippen LogP contribution in [0.2, 0.25) is 0 Å². The second-order valence-electron chi connectivity index (χ2n) is 4.48. The zero-order valence-corrected chi connectivity index (χ0v) is 10.9. The van der Waals surface area contributed by atoms with E-state index in [1.807, 2.05) is 0 Å². The molecule has 2 rings (SSSR count). The maximum absolute atomic E-state index is 11.8. The third kappa shape index (κ3) is 2.59. The Bertz CT molecular complexity index is 518. The van der Waals surface area contributed by atoms with E-state index >= 15 is 0 Å². The number of hydrogen-bond donors (Lipinski definition) is 1. The topological polar surface area (TPSA) is 78.7 Å². The lowest BCUT2D eigenvalue weighted by molar-refractivity contribution is -0.384. The minimum absolute atomic E-state index is 0.00985. The number of carbonyl (C=O) groups is 1. The first-order valence-corrected chi connectivity index (χ1v) is 5.98. The first kappa shape index (κ1) is 13.1. The van der Waals surface area contributed by atoms with E-state index in [2.05, 4.69) is 5.32 Å². The molecule has 0 radical (unpaired) electrons. The van der Waals surface area contributed by atoms with Crippen LogP contribution in [-0.2, 0) is 6.54 Å². The number of nitro benzene ring substituents is 1. The van der Waals surface area contributed by atoms with Gasteiger partial charge in [-0.05, 0) is 11.6 Å². The minimum Gasteiger partial charge on any atom is -0.383 e. The Balaban J connectivity index is 2.18. The predicted molar refractivity (Wildman–Crippen MR) is 71.1 cm³/mol. The Morgan fingerprint density at radius 2 is 2.16 bits per heavy atom. The molecule has 1 N–H and O–H groups in total. The third-order valence-corrected chi connectivity index (χ3v) is 3.20. The summed E-state index contributed by atoms with van der Waals surface area (Å²) in [7, 11) is 3.40. The minimum atomic E-state index is -0.426. The first-order valence-electron chi connectivity index (χ1n) is 5.98. The van der Waals surface area contributed by atoms with E-state index in [9.17, 15) is 14.9 Å². The van der Waals surface area contributed by atoms with Crippen molar-refractivity contribution in [1.29, 1.82) is 0 Å². The SMILES string of the molecule is CNc1cc(CN2CCN(C)C2=O)ccc1[N+](=O)[O-]. The molecule has 102 valence electrons. The standard InChI is InChI=1S/C12H16N4O3/c1-13-10-7-9(3-4-11(10)16(18)19)8-15-6-5-14(2)12(15)17/h3-4,7,13H,5-6,8H2,1-2H3. The number of likely N-dealkylation sites (N-methyl/N-ethyl adjacent to an activating group) is 1. The molecule has 0 aromatic heterocycles. The summed E-state index contributed by atoms with van der Waals surface area (Å²) in [6, 6.07) is 4.85. The number of nitrogens with zero attached hydrogens (tertiary/aromatic N) is 3. The summed E-state index contributed by atoms with van der Waals surface area (Å²) in [5.74, 6) is 0. The van der Waals surface area contributed by atoms with Gasteiger partial charge in [0.25, 0.3) is 5.69 Å². The molecule has 2 amide bonds. The van der Waals surface area contributed by atoms with Crippen LogP contribution in [0, 0.1) is 10.1 Å². The molecule has 0 spiro atoms. The van der Waals surface area contributed by atoms with Crippen molar-refractivity contribution >= 4 is 17.4 Å². The van der Waals surface area contributed by atoms with Crippen LogP contribution in [0.3, 0.4) is 0 Å². The van der Waals surface area contributed by atoms with Crippen LogP contribution < -0.4 is 5.32 Å². The Morgan fingerprint density at radius 1 is 1.42 bits per heavy atom. The number of rotatable bonds is 4. The highest BCUT2D eigenvalue weighted by atomic mass is 16.6. The van der Waals surface area contributed by atoms with Gasteiger partial charge >= 0.3 is 6.03 Å². The van der Waals surface area contributed by atoms with Crippen molar-refractivity contribution in [1.82, 2.24) is 9.80 Å². The summed E-state index contributed by atoms with van der Waals surface area (Å²) in [6.45, 7) is 1.86. The maximum atomic E-state index is 11.8. The van der Waals surface area contributed by atoms with E-state index in [0.29, 0.717) is 25.3 Å². The molecule has 1 fully saturated rings. The summed E-state index contributed by atoms with van der Waals surface area (Å²) in [5.41, 5.74) is 1.37. The maximum Gasteiger partial charge on any atom is 0.320 e. The van der Waals surface area contributed by atoms with Crippen molar-refractivity contribution in [3.05, 3.63) is 33.9 Å². The van der Waals surface area contributed by atoms with Gasteiger partial charge in [0.15, 0.2) is 0 Å². The molecule has 7 heteroatoms. The van der Waals surface area contributed by atoms with Crippen molar-refractivity contribution in [3.8, 4) is 0 Å². The van der Waals surface area contributed by atoms with Crippen LogP contribution in [0.4, 0.5) is 16.2 Å². The Hall–Kier alpha value is -2.31. The second kappa shape index (κ2) is 5.13. The molecule has 0 atom stereocenters. The predicted octanol–water partition coefficient (Wildman–Crippen LogP) is 1.50. The first-order chi connectivity index (χ1) is 9.02. The van der Waals surface area contributed by atoms with Gasteiger partial charge in [0.1, 0.15) is 5.69 Å². The highest BCUT2D eigenvalue weighted by molar-refractivity contribution is 5.76. The van der Waals surface area contributed by atoms with Gasteiger partial charge in [-0.3, -0.25) is 10.1 Å². The lowest BCUT2D eigenvalue weighted by Crippen LogP contribution is -2.28. The number of nitro groups is 1. The van der Waals surface area contributed by atoms with E-state index in [1.54, 1.807) is 36.0 Å². The zero-order valence-electron chi connectivity index (χ0n) is 10.9. The van der Waals surface area contributed by atoms with E-state index in [4.69, 9.17) is 0 Å². The van der Waals surface area contributed by atoms with Crippen molar-refractivity contribution in [3.63, 3.8) is 0 Å². The van der Waals surface area contributed by atoms with Gasteiger partial charge in [-0.25, -0.2) is 4.79 Å². The van der Waals surface area contributed by atoms with Gasteiger partial charge in [-0.1, -0.05) is 6.07 Å². The summed E-state index contributed by atoms with van der Waals surface area (Å²) in [5, 5.41) is 13.6. The summed E-state index contributed by atoms with van der Waals surface area (Å²) < 4.78 is 0. The molecule has 7 nitrogen and oxygen atoms in total. The van der Waals surface area contributed by atoms with E-state index < -0.39 is 4.92 Å². The van der Waals surface area contributed by atoms with Crippen LogP contribution in [0.15, 0.2) is 18.2 Å². The average Bonchev–Trinajstić information content (AvgIpc) is 2.70. The van der Waals surface area contributed by atoms with Crippen molar-refractivity contribution in [2.24, 2.45) is 0 Å². The van der Waals surface area contributed by atoms with Gasteiger partial charge in [0, 0.05) is 39.8 Å². The molecular formula is C12H16N4O3. The quantitative estimate of drug-likeness (QED) is 0.660. The highest BCUT2D eigenvalue weighted by Gasteiger charge is 2.25. The molecule has 1 aliphatic rings. The van der Waals surface area contributed by atoms with Crippen LogP contribution in [0.1, 0.15) is 5.56 Å². The molecular weight excluding hydrogens is 248 g/mol. The molecule has 0 saturated carbocycles. The molecule has 1 heterocycles. The van der Waals surface area contributed by atoms with Gasteiger partial charge in [-0.2, -0.15) is 0 Å². The summed E-state index contributed by atoms with van der Waals surface area (Å²) >= 11 is 0. The number of carbonyl (C=O) groups excluding carboxylic acids is 1. The number of urea groups is 1. The van der Waals surface area contributed by atoms with Gasteiger partial charge < -0.3 is 15.1 Å². The number of amides is 2. The molecule has 1 saturated heterocycles. The normalized spacial score (nSPS) is 14.9. The fraction of sp³-hybridized carbons (Fsp3) is 0.417. The van der Waals surface area contributed by atoms with Crippen molar-refractivity contribution in [2.45, 2.75) is 6.54 Å². The van der Waals surface area contributed by atoms with Crippen LogP contribution in [0.25, 0.3) is 0 Å². The molecule has 19 heavy (non-hydrogen) atoms. The van der Waals surface area contributed by atoms with Gasteiger partial charge in [-0.15, -0.1) is 0 Å². The highest BCUT2D eigenvalue weighted by Crippen LogP contribution is 2.26.